The molecule has 0 aromatic rings. The van der Waals surface area contributed by atoms with Crippen LogP contribution in [0.15, 0.2) is 0 Å². The van der Waals surface area contributed by atoms with E-state index in [0.717, 1.165) is 0 Å². The van der Waals surface area contributed by atoms with E-state index in [9.17, 15) is 19.8 Å². The summed E-state index contributed by atoms with van der Waals surface area (Å²) >= 11 is 0. The van der Waals surface area contributed by atoms with E-state index in [1.165, 1.54) is 0 Å². The predicted molar refractivity (Wildman–Crippen MR) is 22.0 cm³/mol. The number of carboxylic acids is 2. The highest BCUT2D eigenvalue weighted by atomic mass is 16.4. The van der Waals surface area contributed by atoms with Crippen molar-refractivity contribution < 1.29 is 30.0 Å². The first-order valence-corrected chi connectivity index (χ1v) is 2.24. The lowest BCUT2D eigenvalue weighted by Crippen LogP contribution is -2.51. The van der Waals surface area contributed by atoms with Crippen LogP contribution in [0.1, 0.15) is 0 Å². The smallest absolute Gasteiger partial charge is 0.124 e. The Balaban J connectivity index is 4.07. The Morgan fingerprint density at radius 1 is 1.00 bits per heavy atom. The molecule has 0 saturated heterocycles. The SMILES string of the molecule is O=C([O-])[C@@H](O)[C@@H](O)C(=O)[O-]. The molecule has 0 aromatic heterocycles. The Bertz CT molecular complexity index is 134. The van der Waals surface area contributed by atoms with Crippen LogP contribution in [-0.4, -0.2) is 34.4 Å². The number of hydrogen-bond acceptors (Lipinski definition) is 6. The van der Waals surface area contributed by atoms with Gasteiger partial charge in [0.25, 0.3) is 0 Å². The minimum atomic E-state index is -2.44. The Kier molecular flexibility index (Phi) is 2.78. The number of aliphatic carboxylic acids is 2. The molecule has 0 saturated carbocycles. The molecule has 0 fully saturated rings. The number of rotatable bonds is 3. The largest absolute Gasteiger partial charge is 0.547 e. The highest BCUT2D eigenvalue weighted by Crippen LogP contribution is 1.88. The van der Waals surface area contributed by atoms with E-state index in [1.807, 2.05) is 0 Å². The van der Waals surface area contributed by atoms with E-state index in [2.05, 4.69) is 0 Å². The quantitative estimate of drug-likeness (QED) is 0.414. The van der Waals surface area contributed by atoms with E-state index < -0.39 is 24.1 Å². The summed E-state index contributed by atoms with van der Waals surface area (Å²) in [6.07, 6.45) is -4.88. The van der Waals surface area contributed by atoms with Crippen LogP contribution >= 0.6 is 0 Å². The molecule has 6 nitrogen and oxygen atoms in total. The van der Waals surface area contributed by atoms with Crippen molar-refractivity contribution in [3.63, 3.8) is 0 Å². The summed E-state index contributed by atoms with van der Waals surface area (Å²) in [6.45, 7) is 0. The monoisotopic (exact) mass is 148 g/mol. The van der Waals surface area contributed by atoms with Gasteiger partial charge in [-0.3, -0.25) is 0 Å². The van der Waals surface area contributed by atoms with Crippen LogP contribution in [0, 0.1) is 0 Å². The van der Waals surface area contributed by atoms with Gasteiger partial charge in [0.15, 0.2) is 0 Å². The van der Waals surface area contributed by atoms with Gasteiger partial charge in [-0.05, 0) is 0 Å². The normalized spacial score (nSPS) is 15.8. The highest BCUT2D eigenvalue weighted by molar-refractivity contribution is 5.80. The van der Waals surface area contributed by atoms with Crippen LogP contribution in [0.4, 0.5) is 0 Å². The lowest BCUT2D eigenvalue weighted by molar-refractivity contribution is -0.333. The Morgan fingerprint density at radius 3 is 1.30 bits per heavy atom. The maximum Gasteiger partial charge on any atom is 0.124 e. The molecule has 0 unspecified atom stereocenters. The molecule has 0 aliphatic heterocycles. The molecular weight excluding hydrogens is 144 g/mol. The van der Waals surface area contributed by atoms with Gasteiger partial charge in [0, 0.05) is 0 Å². The first kappa shape index (κ1) is 8.86. The van der Waals surface area contributed by atoms with Crippen molar-refractivity contribution in [3.05, 3.63) is 0 Å². The van der Waals surface area contributed by atoms with Crippen molar-refractivity contribution >= 4 is 11.9 Å². The summed E-state index contributed by atoms with van der Waals surface area (Å²) in [4.78, 5) is 19.3. The summed E-state index contributed by atoms with van der Waals surface area (Å²) < 4.78 is 0. The first-order valence-electron chi connectivity index (χ1n) is 2.24. The molecule has 0 amide bonds. The van der Waals surface area contributed by atoms with Gasteiger partial charge >= 0.3 is 0 Å². The molecular formula is C4H4O6-2. The van der Waals surface area contributed by atoms with Crippen molar-refractivity contribution in [3.8, 4) is 0 Å². The molecule has 58 valence electrons. The summed E-state index contributed by atoms with van der Waals surface area (Å²) in [7, 11) is 0. The van der Waals surface area contributed by atoms with Crippen molar-refractivity contribution in [1.29, 1.82) is 0 Å². The van der Waals surface area contributed by atoms with Crippen molar-refractivity contribution in [2.24, 2.45) is 0 Å². The molecule has 0 bridgehead atoms. The Hall–Kier alpha value is -1.14. The number of carbonyl (C=O) groups excluding carboxylic acids is 2. The number of carbonyl (C=O) groups is 2. The fourth-order valence-corrected chi connectivity index (χ4v) is 0.258. The number of aliphatic hydroxyl groups is 2. The second-order valence-corrected chi connectivity index (χ2v) is 1.53. The Labute approximate surface area is 55.3 Å². The number of carboxylic acid groups (broad SMARTS) is 2. The van der Waals surface area contributed by atoms with Gasteiger partial charge in [-0.25, -0.2) is 0 Å². The number of hydrogen-bond donors (Lipinski definition) is 2. The molecule has 0 spiro atoms. The van der Waals surface area contributed by atoms with E-state index in [1.54, 1.807) is 0 Å². The molecule has 0 aliphatic carbocycles. The zero-order valence-corrected chi connectivity index (χ0v) is 4.68. The summed E-state index contributed by atoms with van der Waals surface area (Å²) in [5.74, 6) is -4.12. The minimum absolute atomic E-state index is 2.06. The van der Waals surface area contributed by atoms with Gasteiger partial charge in [0.05, 0.1) is 11.9 Å². The Morgan fingerprint density at radius 2 is 1.20 bits per heavy atom. The maximum atomic E-state index is 9.63. The van der Waals surface area contributed by atoms with E-state index in [0.29, 0.717) is 0 Å². The molecule has 10 heavy (non-hydrogen) atoms. The third-order valence-electron chi connectivity index (χ3n) is 0.782. The minimum Gasteiger partial charge on any atom is -0.547 e. The molecule has 6 heteroatoms. The first-order chi connectivity index (χ1) is 4.46. The van der Waals surface area contributed by atoms with Gasteiger partial charge < -0.3 is 30.0 Å². The second-order valence-electron chi connectivity index (χ2n) is 1.53. The third kappa shape index (κ3) is 2.00. The van der Waals surface area contributed by atoms with Crippen molar-refractivity contribution in [2.45, 2.75) is 12.2 Å². The predicted octanol–water partition coefficient (Wildman–Crippen LogP) is -4.79. The third-order valence-corrected chi connectivity index (χ3v) is 0.782. The zero-order valence-electron chi connectivity index (χ0n) is 4.68. The van der Waals surface area contributed by atoms with Gasteiger partial charge in [-0.2, -0.15) is 0 Å². The van der Waals surface area contributed by atoms with E-state index in [-0.39, 0.29) is 0 Å². The van der Waals surface area contributed by atoms with Crippen LogP contribution in [0.2, 0.25) is 0 Å². The maximum absolute atomic E-state index is 9.63. The average molecular weight is 148 g/mol. The molecule has 0 aromatic carbocycles. The molecule has 0 rings (SSSR count). The lowest BCUT2D eigenvalue weighted by atomic mass is 10.2. The van der Waals surface area contributed by atoms with Gasteiger partial charge in [0.1, 0.15) is 12.2 Å². The zero-order chi connectivity index (χ0) is 8.31. The van der Waals surface area contributed by atoms with Crippen molar-refractivity contribution in [2.75, 3.05) is 0 Å². The van der Waals surface area contributed by atoms with Crippen LogP contribution in [-0.2, 0) is 9.59 Å². The summed E-state index contributed by atoms with van der Waals surface area (Å²) in [5.41, 5.74) is 0. The topological polar surface area (TPSA) is 121 Å². The molecule has 0 heterocycles. The standard InChI is InChI=1S/C4H6O6/c5-1(3(7)8)2(6)4(9)10/h1-2,5-6H,(H,7,8)(H,9,10)/p-2/t1-,2+. The van der Waals surface area contributed by atoms with Gasteiger partial charge in [-0.15, -0.1) is 0 Å². The molecule has 0 aliphatic rings. The molecule has 2 N–H and O–H groups in total. The van der Waals surface area contributed by atoms with Crippen LogP contribution in [0.25, 0.3) is 0 Å². The lowest BCUT2D eigenvalue weighted by Gasteiger charge is -2.18. The van der Waals surface area contributed by atoms with Crippen molar-refractivity contribution in [1.82, 2.24) is 0 Å². The van der Waals surface area contributed by atoms with Gasteiger partial charge in [-0.1, -0.05) is 0 Å². The van der Waals surface area contributed by atoms with Gasteiger partial charge in [0.2, 0.25) is 0 Å². The average Bonchev–Trinajstić information content (AvgIpc) is 1.84. The van der Waals surface area contributed by atoms with E-state index >= 15 is 0 Å². The fourth-order valence-electron chi connectivity index (χ4n) is 0.258. The summed E-state index contributed by atoms with van der Waals surface area (Å²) in [6, 6.07) is 0. The second kappa shape index (κ2) is 3.14. The highest BCUT2D eigenvalue weighted by Gasteiger charge is 2.17. The van der Waals surface area contributed by atoms with E-state index in [4.69, 9.17) is 10.2 Å². The molecule has 2 atom stereocenters. The van der Waals surface area contributed by atoms with Crippen LogP contribution in [0.3, 0.4) is 0 Å². The number of aliphatic hydroxyl groups excluding tert-OH is 2. The van der Waals surface area contributed by atoms with Crippen LogP contribution in [0.5, 0.6) is 0 Å². The summed E-state index contributed by atoms with van der Waals surface area (Å²) in [5, 5.41) is 35.7. The molecule has 0 radical (unpaired) electrons. The van der Waals surface area contributed by atoms with Crippen LogP contribution < -0.4 is 10.2 Å². The fraction of sp³-hybridized carbons (Fsp3) is 0.500.